The Bertz CT molecular complexity index is 65.3. The van der Waals surface area contributed by atoms with E-state index < -0.39 is 0 Å². The van der Waals surface area contributed by atoms with Crippen LogP contribution in [-0.4, -0.2) is 15.2 Å². The molecule has 34 valence electrons. The molecule has 0 aromatic carbocycles. The number of nitrogens with one attached hydrogen (secondary N) is 1. The first-order chi connectivity index (χ1) is 2.50. The molecule has 1 aromatic heterocycles. The normalized spacial score (nSPS) is 6.67. The summed E-state index contributed by atoms with van der Waals surface area (Å²) in [6.45, 7) is 0. The lowest BCUT2D eigenvalue weighted by Crippen LogP contribution is -1.53. The fourth-order valence-corrected chi connectivity index (χ4v) is 0.167. The molecule has 1 rings (SSSR count). The zero-order valence-electron chi connectivity index (χ0n) is 3.05. The lowest BCUT2D eigenvalue weighted by molar-refractivity contribution is 1.09. The minimum atomic E-state index is 0. The van der Waals surface area contributed by atoms with Crippen molar-refractivity contribution in [1.82, 2.24) is 15.2 Å². The number of hydrogen-bond donors (Lipinski definition) is 1. The minimum Gasteiger partial charge on any atom is -0.266 e. The molecule has 0 aliphatic rings. The maximum Gasteiger partial charge on any atom is 0.137 e. The van der Waals surface area contributed by atoms with E-state index in [4.69, 9.17) is 0 Å². The van der Waals surface area contributed by atoms with Gasteiger partial charge >= 0.3 is 0 Å². The molecule has 0 bridgehead atoms. The summed E-state index contributed by atoms with van der Waals surface area (Å²) < 4.78 is 0. The highest BCUT2D eigenvalue weighted by molar-refractivity contribution is 7.59. The standard InChI is InChI=1S/C2H3N3.H2S/c1-3-2-5-4-1;/h1-2H,(H,3,4,5);1H2. The number of rotatable bonds is 0. The molecule has 3 nitrogen and oxygen atoms in total. The van der Waals surface area contributed by atoms with Gasteiger partial charge in [0.05, 0.1) is 0 Å². The van der Waals surface area contributed by atoms with Gasteiger partial charge in [-0.2, -0.15) is 18.6 Å². The van der Waals surface area contributed by atoms with Crippen LogP contribution in [-0.2, 0) is 0 Å². The van der Waals surface area contributed by atoms with Gasteiger partial charge in [0.25, 0.3) is 0 Å². The van der Waals surface area contributed by atoms with Crippen LogP contribution in [0.1, 0.15) is 0 Å². The van der Waals surface area contributed by atoms with E-state index in [0.29, 0.717) is 0 Å². The van der Waals surface area contributed by atoms with E-state index in [1.165, 1.54) is 12.7 Å². The highest BCUT2D eigenvalue weighted by Gasteiger charge is 1.57. The van der Waals surface area contributed by atoms with Crippen molar-refractivity contribution in [3.63, 3.8) is 0 Å². The molecule has 4 heteroatoms. The molecule has 1 heterocycles. The highest BCUT2D eigenvalue weighted by atomic mass is 32.1. The first kappa shape index (κ1) is 5.49. The van der Waals surface area contributed by atoms with Gasteiger partial charge in [-0.3, -0.25) is 5.10 Å². The Morgan fingerprint density at radius 2 is 2.33 bits per heavy atom. The summed E-state index contributed by atoms with van der Waals surface area (Å²) in [6, 6.07) is 0. The molecule has 0 unspecified atom stereocenters. The molecule has 0 saturated carbocycles. The third-order valence-electron chi connectivity index (χ3n) is 0.331. The molecule has 0 saturated heterocycles. The summed E-state index contributed by atoms with van der Waals surface area (Å²) in [7, 11) is 0. The van der Waals surface area contributed by atoms with Gasteiger partial charge in [0.1, 0.15) is 12.7 Å². The number of H-pyrrole nitrogens is 1. The number of hydrogen-bond acceptors (Lipinski definition) is 2. The second-order valence-corrected chi connectivity index (χ2v) is 0.652. The van der Waals surface area contributed by atoms with Crippen LogP contribution >= 0.6 is 13.5 Å². The van der Waals surface area contributed by atoms with E-state index in [0.717, 1.165) is 0 Å². The summed E-state index contributed by atoms with van der Waals surface area (Å²) in [5.74, 6) is 0. The van der Waals surface area contributed by atoms with Crippen LogP contribution in [0.2, 0.25) is 0 Å². The molecule has 0 aliphatic carbocycles. The van der Waals surface area contributed by atoms with Crippen molar-refractivity contribution >= 4 is 13.5 Å². The van der Waals surface area contributed by atoms with Crippen LogP contribution in [0.25, 0.3) is 0 Å². The van der Waals surface area contributed by atoms with E-state index in [2.05, 4.69) is 15.2 Å². The second-order valence-electron chi connectivity index (χ2n) is 0.652. The maximum atomic E-state index is 3.56. The van der Waals surface area contributed by atoms with Crippen molar-refractivity contribution in [1.29, 1.82) is 0 Å². The third kappa shape index (κ3) is 1.07. The molecule has 6 heavy (non-hydrogen) atoms. The van der Waals surface area contributed by atoms with Crippen LogP contribution in [0.15, 0.2) is 12.7 Å². The molecule has 1 aromatic rings. The predicted molar refractivity (Wildman–Crippen MR) is 26.8 cm³/mol. The number of aromatic nitrogens is 3. The fraction of sp³-hybridized carbons (Fsp3) is 0. The Hall–Kier alpha value is -0.510. The summed E-state index contributed by atoms with van der Waals surface area (Å²) >= 11 is 0. The molecule has 0 aliphatic heterocycles. The van der Waals surface area contributed by atoms with E-state index >= 15 is 0 Å². The van der Waals surface area contributed by atoms with Gasteiger partial charge in [-0.25, -0.2) is 4.98 Å². The fourth-order valence-electron chi connectivity index (χ4n) is 0.167. The summed E-state index contributed by atoms with van der Waals surface area (Å²) in [4.78, 5) is 3.56. The van der Waals surface area contributed by atoms with Gasteiger partial charge in [-0.1, -0.05) is 0 Å². The van der Waals surface area contributed by atoms with E-state index in [-0.39, 0.29) is 13.5 Å². The van der Waals surface area contributed by atoms with Gasteiger partial charge in [0, 0.05) is 0 Å². The third-order valence-corrected chi connectivity index (χ3v) is 0.331. The van der Waals surface area contributed by atoms with Crippen molar-refractivity contribution in [2.45, 2.75) is 0 Å². The van der Waals surface area contributed by atoms with Gasteiger partial charge < -0.3 is 0 Å². The highest BCUT2D eigenvalue weighted by Crippen LogP contribution is 1.53. The Kier molecular flexibility index (Phi) is 2.48. The van der Waals surface area contributed by atoms with Gasteiger partial charge in [-0.15, -0.1) is 0 Å². The lowest BCUT2D eigenvalue weighted by Gasteiger charge is -1.46. The second kappa shape index (κ2) is 2.71. The maximum absolute atomic E-state index is 3.56. The van der Waals surface area contributed by atoms with Crippen LogP contribution < -0.4 is 0 Å². The quantitative estimate of drug-likeness (QED) is 0.499. The molecular formula is C2H5N3S. The molecule has 0 fully saturated rings. The van der Waals surface area contributed by atoms with E-state index in [1.54, 1.807) is 0 Å². The van der Waals surface area contributed by atoms with E-state index in [9.17, 15) is 0 Å². The lowest BCUT2D eigenvalue weighted by atomic mass is 11.3. The molecule has 0 spiro atoms. The predicted octanol–water partition coefficient (Wildman–Crippen LogP) is -0.0825. The van der Waals surface area contributed by atoms with Crippen molar-refractivity contribution in [2.24, 2.45) is 0 Å². The monoisotopic (exact) mass is 103 g/mol. The average molecular weight is 103 g/mol. The largest absolute Gasteiger partial charge is 0.266 e. The number of aromatic amines is 1. The molecule has 0 radical (unpaired) electrons. The molecule has 1 N–H and O–H groups in total. The number of nitrogens with zero attached hydrogens (tertiary/aromatic N) is 2. The Morgan fingerprint density at radius 1 is 1.50 bits per heavy atom. The zero-order valence-corrected chi connectivity index (χ0v) is 4.05. The van der Waals surface area contributed by atoms with Gasteiger partial charge in [0.2, 0.25) is 0 Å². The van der Waals surface area contributed by atoms with Crippen molar-refractivity contribution in [3.05, 3.63) is 12.7 Å². The molecule has 0 amide bonds. The summed E-state index contributed by atoms with van der Waals surface area (Å²) in [6.07, 6.45) is 2.96. The molecular weight excluding hydrogens is 98.1 g/mol. The van der Waals surface area contributed by atoms with Crippen molar-refractivity contribution < 1.29 is 0 Å². The Morgan fingerprint density at radius 3 is 2.50 bits per heavy atom. The Labute approximate surface area is 42.2 Å². The minimum absolute atomic E-state index is 0. The van der Waals surface area contributed by atoms with E-state index in [1.807, 2.05) is 0 Å². The Balaban J connectivity index is 0.000000250. The van der Waals surface area contributed by atoms with Crippen molar-refractivity contribution in [2.75, 3.05) is 0 Å². The van der Waals surface area contributed by atoms with Crippen molar-refractivity contribution in [3.8, 4) is 0 Å². The average Bonchev–Trinajstić information content (AvgIpc) is 1.76. The SMILES string of the molecule is S.c1nc[nH]n1. The van der Waals surface area contributed by atoms with Gasteiger partial charge in [0.15, 0.2) is 0 Å². The van der Waals surface area contributed by atoms with Crippen LogP contribution in [0.5, 0.6) is 0 Å². The summed E-state index contributed by atoms with van der Waals surface area (Å²) in [5, 5.41) is 5.99. The first-order valence-corrected chi connectivity index (χ1v) is 1.29. The zero-order chi connectivity index (χ0) is 3.54. The topological polar surface area (TPSA) is 41.6 Å². The van der Waals surface area contributed by atoms with Crippen LogP contribution in [0.4, 0.5) is 0 Å². The molecule has 0 atom stereocenters. The first-order valence-electron chi connectivity index (χ1n) is 1.29. The van der Waals surface area contributed by atoms with Crippen LogP contribution in [0, 0.1) is 0 Å². The summed E-state index contributed by atoms with van der Waals surface area (Å²) in [5.41, 5.74) is 0. The smallest absolute Gasteiger partial charge is 0.137 e. The van der Waals surface area contributed by atoms with Gasteiger partial charge in [-0.05, 0) is 0 Å². The van der Waals surface area contributed by atoms with Crippen LogP contribution in [0.3, 0.4) is 0 Å².